The molecule has 1 unspecified atom stereocenters. The predicted octanol–water partition coefficient (Wildman–Crippen LogP) is 0.855. The van der Waals surface area contributed by atoms with E-state index in [1.54, 1.807) is 38.1 Å². The molecule has 0 bridgehead atoms. The van der Waals surface area contributed by atoms with Gasteiger partial charge in [0.2, 0.25) is 11.8 Å². The van der Waals surface area contributed by atoms with E-state index >= 15 is 0 Å². The minimum Gasteiger partial charge on any atom is -0.480 e. The quantitative estimate of drug-likeness (QED) is 0.698. The summed E-state index contributed by atoms with van der Waals surface area (Å²) in [5.74, 6) is -2.28. The molecule has 0 aliphatic carbocycles. The Kier molecular flexibility index (Phi) is 4.35. The number of thioether (sulfide) groups is 1. The number of halogens is 1. The first-order valence-corrected chi connectivity index (χ1v) is 9.95. The lowest BCUT2D eigenvalue weighted by Crippen LogP contribution is -2.73. The van der Waals surface area contributed by atoms with Gasteiger partial charge in [-0.25, -0.2) is 4.79 Å². The van der Waals surface area contributed by atoms with Gasteiger partial charge in [0.25, 0.3) is 5.91 Å². The van der Waals surface area contributed by atoms with Crippen molar-refractivity contribution in [3.8, 4) is 0 Å². The summed E-state index contributed by atoms with van der Waals surface area (Å²) in [5.41, 5.74) is 0.568. The largest absolute Gasteiger partial charge is 0.480 e. The van der Waals surface area contributed by atoms with Crippen molar-refractivity contribution in [1.82, 2.24) is 15.1 Å². The number of carboxylic acids is 1. The SMILES string of the molecule is CC1(C)S[C@@H]2[C@H](N3CC(=O)NC(c4ccc(Cl)cc4)C3=O)C(=O)N2[C@H]1C(=O)O. The van der Waals surface area contributed by atoms with Crippen molar-refractivity contribution in [3.05, 3.63) is 34.9 Å². The monoisotopic (exact) mass is 423 g/mol. The van der Waals surface area contributed by atoms with Crippen molar-refractivity contribution in [3.63, 3.8) is 0 Å². The van der Waals surface area contributed by atoms with E-state index in [-0.39, 0.29) is 12.5 Å². The number of carbonyl (C=O) groups is 4. The summed E-state index contributed by atoms with van der Waals surface area (Å²) in [6.45, 7) is 3.29. The molecule has 2 N–H and O–H groups in total. The molecule has 10 heteroatoms. The fraction of sp³-hybridized carbons (Fsp3) is 0.444. The summed E-state index contributed by atoms with van der Waals surface area (Å²) in [5, 5.41) is 12.2. The van der Waals surface area contributed by atoms with E-state index in [1.807, 2.05) is 0 Å². The Bertz CT molecular complexity index is 890. The van der Waals surface area contributed by atoms with Gasteiger partial charge >= 0.3 is 5.97 Å². The minimum absolute atomic E-state index is 0.234. The van der Waals surface area contributed by atoms with Crippen LogP contribution in [0.5, 0.6) is 0 Å². The lowest BCUT2D eigenvalue weighted by molar-refractivity contribution is -0.171. The Hall–Kier alpha value is -2.26. The molecule has 3 amide bonds. The number of hydrogen-bond donors (Lipinski definition) is 2. The average Bonchev–Trinajstić information content (AvgIpc) is 2.86. The molecule has 0 aromatic heterocycles. The van der Waals surface area contributed by atoms with Gasteiger partial charge < -0.3 is 20.2 Å². The second kappa shape index (κ2) is 6.38. The molecule has 1 aromatic carbocycles. The molecule has 8 nitrogen and oxygen atoms in total. The molecule has 1 aromatic rings. The van der Waals surface area contributed by atoms with Crippen molar-refractivity contribution in [2.45, 2.75) is 42.1 Å². The molecule has 0 spiro atoms. The number of carbonyl (C=O) groups excluding carboxylic acids is 3. The average molecular weight is 424 g/mol. The maximum Gasteiger partial charge on any atom is 0.327 e. The maximum atomic E-state index is 13.1. The van der Waals surface area contributed by atoms with Crippen molar-refractivity contribution < 1.29 is 24.3 Å². The Morgan fingerprint density at radius 2 is 1.86 bits per heavy atom. The number of benzene rings is 1. The van der Waals surface area contributed by atoms with Crippen LogP contribution in [-0.2, 0) is 19.2 Å². The maximum absolute atomic E-state index is 13.1. The lowest BCUT2D eigenvalue weighted by Gasteiger charge is -2.49. The van der Waals surface area contributed by atoms with E-state index in [2.05, 4.69) is 5.32 Å². The van der Waals surface area contributed by atoms with E-state index < -0.39 is 46.0 Å². The van der Waals surface area contributed by atoms with Gasteiger partial charge in [0.05, 0.1) is 0 Å². The van der Waals surface area contributed by atoms with E-state index in [1.165, 1.54) is 21.6 Å². The molecule has 0 saturated carbocycles. The van der Waals surface area contributed by atoms with E-state index in [9.17, 15) is 24.3 Å². The Labute approximate surface area is 170 Å². The summed E-state index contributed by atoms with van der Waals surface area (Å²) in [6.07, 6.45) is 0. The number of hydrogen-bond acceptors (Lipinski definition) is 5. The molecule has 3 aliphatic rings. The van der Waals surface area contributed by atoms with Crippen molar-refractivity contribution in [2.75, 3.05) is 6.54 Å². The van der Waals surface area contributed by atoms with Crippen LogP contribution in [-0.4, -0.2) is 67.3 Å². The zero-order chi connectivity index (χ0) is 20.4. The summed E-state index contributed by atoms with van der Waals surface area (Å²) < 4.78 is -0.697. The van der Waals surface area contributed by atoms with E-state index in [4.69, 9.17) is 11.6 Å². The number of piperazine rings is 1. The van der Waals surface area contributed by atoms with Crippen LogP contribution in [0.3, 0.4) is 0 Å². The van der Waals surface area contributed by atoms with Gasteiger partial charge in [-0.2, -0.15) is 0 Å². The van der Waals surface area contributed by atoms with Crippen LogP contribution in [0, 0.1) is 0 Å². The molecule has 3 aliphatic heterocycles. The summed E-state index contributed by atoms with van der Waals surface area (Å²) in [6, 6.07) is 3.83. The van der Waals surface area contributed by atoms with Crippen molar-refractivity contribution in [2.24, 2.45) is 0 Å². The Morgan fingerprint density at radius 1 is 1.21 bits per heavy atom. The highest BCUT2D eigenvalue weighted by molar-refractivity contribution is 8.01. The number of rotatable bonds is 3. The molecule has 3 fully saturated rings. The Morgan fingerprint density at radius 3 is 2.46 bits per heavy atom. The summed E-state index contributed by atoms with van der Waals surface area (Å²) >= 11 is 7.23. The number of carboxylic acid groups (broad SMARTS) is 1. The molecule has 4 atom stereocenters. The van der Waals surface area contributed by atoms with Gasteiger partial charge in [-0.15, -0.1) is 11.8 Å². The molecule has 28 heavy (non-hydrogen) atoms. The molecular formula is C18H18ClN3O5S. The summed E-state index contributed by atoms with van der Waals surface area (Å²) in [7, 11) is 0. The normalized spacial score (nSPS) is 31.3. The number of aliphatic carboxylic acids is 1. The standard InChI is InChI=1S/C18H18ClN3O5S/c1-18(2)13(17(26)27)22-15(25)12(16(22)28-18)21-7-10(23)20-11(14(21)24)8-3-5-9(19)6-4-8/h3-6,11-13,16H,7H2,1-2H3,(H,20,23)(H,26,27)/t11?,12-,13+,16-/m1/s1. The molecule has 3 heterocycles. The third kappa shape index (κ3) is 2.76. The van der Waals surface area contributed by atoms with Crippen molar-refractivity contribution >= 4 is 47.1 Å². The van der Waals surface area contributed by atoms with Gasteiger partial charge in [-0.05, 0) is 31.5 Å². The lowest BCUT2D eigenvalue weighted by atomic mass is 9.93. The highest BCUT2D eigenvalue weighted by Gasteiger charge is 2.66. The molecule has 3 saturated heterocycles. The number of amides is 3. The smallest absolute Gasteiger partial charge is 0.327 e. The Balaban J connectivity index is 1.62. The zero-order valence-corrected chi connectivity index (χ0v) is 16.7. The van der Waals surface area contributed by atoms with Crippen LogP contribution in [0.4, 0.5) is 0 Å². The third-order valence-corrected chi connectivity index (χ3v) is 7.14. The number of nitrogens with one attached hydrogen (secondary N) is 1. The van der Waals surface area contributed by atoms with Crippen molar-refractivity contribution in [1.29, 1.82) is 0 Å². The first-order valence-electron chi connectivity index (χ1n) is 8.70. The van der Waals surface area contributed by atoms with Crippen LogP contribution >= 0.6 is 23.4 Å². The highest BCUT2D eigenvalue weighted by Crippen LogP contribution is 2.52. The van der Waals surface area contributed by atoms with Crippen LogP contribution < -0.4 is 5.32 Å². The van der Waals surface area contributed by atoms with Crippen LogP contribution in [0.1, 0.15) is 25.5 Å². The number of nitrogens with zero attached hydrogens (tertiary/aromatic N) is 2. The second-order valence-corrected chi connectivity index (χ2v) is 9.77. The van der Waals surface area contributed by atoms with Crippen LogP contribution in [0.2, 0.25) is 5.02 Å². The van der Waals surface area contributed by atoms with Gasteiger partial charge in [-0.1, -0.05) is 23.7 Å². The first-order chi connectivity index (χ1) is 13.1. The number of β-lactam (4-membered cyclic amide) rings is 1. The first kappa shape index (κ1) is 19.1. The summed E-state index contributed by atoms with van der Waals surface area (Å²) in [4.78, 5) is 52.4. The van der Waals surface area contributed by atoms with E-state index in [0.29, 0.717) is 10.6 Å². The third-order valence-electron chi connectivity index (χ3n) is 5.34. The fourth-order valence-corrected chi connectivity index (χ4v) is 5.89. The molecular weight excluding hydrogens is 406 g/mol. The molecule has 148 valence electrons. The van der Waals surface area contributed by atoms with Gasteiger partial charge in [0, 0.05) is 9.77 Å². The fourth-order valence-electron chi connectivity index (χ4n) is 4.06. The van der Waals surface area contributed by atoms with Crippen LogP contribution in [0.15, 0.2) is 24.3 Å². The van der Waals surface area contributed by atoms with E-state index in [0.717, 1.165) is 0 Å². The zero-order valence-electron chi connectivity index (χ0n) is 15.1. The molecule has 0 radical (unpaired) electrons. The second-order valence-electron chi connectivity index (χ2n) is 7.56. The highest BCUT2D eigenvalue weighted by atomic mass is 35.5. The van der Waals surface area contributed by atoms with Gasteiger partial charge in [0.1, 0.15) is 30.0 Å². The molecule has 4 rings (SSSR count). The van der Waals surface area contributed by atoms with Gasteiger partial charge in [0.15, 0.2) is 0 Å². The predicted molar refractivity (Wildman–Crippen MR) is 102 cm³/mol. The number of fused-ring (bicyclic) bond motifs is 1. The topological polar surface area (TPSA) is 107 Å². The van der Waals surface area contributed by atoms with Crippen LogP contribution in [0.25, 0.3) is 0 Å². The minimum atomic E-state index is -1.08. The van der Waals surface area contributed by atoms with Gasteiger partial charge in [-0.3, -0.25) is 14.4 Å².